The van der Waals surface area contributed by atoms with E-state index >= 15 is 0 Å². The molecular weight excluding hydrogens is 198 g/mol. The van der Waals surface area contributed by atoms with Crippen LogP contribution < -0.4 is 0 Å². The van der Waals surface area contributed by atoms with Crippen molar-refractivity contribution in [2.45, 2.75) is 44.2 Å². The lowest BCUT2D eigenvalue weighted by Crippen LogP contribution is -2.43. The zero-order chi connectivity index (χ0) is 11.0. The average molecular weight is 215 g/mol. The highest BCUT2D eigenvalue weighted by molar-refractivity contribution is 5.94. The monoisotopic (exact) mass is 215 g/mol. The van der Waals surface area contributed by atoms with Crippen LogP contribution in [0.5, 0.6) is 0 Å². The van der Waals surface area contributed by atoms with E-state index in [2.05, 4.69) is 4.90 Å². The molecule has 3 rings (SSSR count). The van der Waals surface area contributed by atoms with Crippen molar-refractivity contribution in [3.8, 4) is 0 Å². The summed E-state index contributed by atoms with van der Waals surface area (Å²) in [6.45, 7) is 0. The van der Waals surface area contributed by atoms with Gasteiger partial charge in [0.2, 0.25) is 0 Å². The van der Waals surface area contributed by atoms with Crippen molar-refractivity contribution in [3.63, 3.8) is 0 Å². The first kappa shape index (κ1) is 9.88. The number of hydrogen-bond donors (Lipinski definition) is 0. The van der Waals surface area contributed by atoms with Gasteiger partial charge in [-0.05, 0) is 44.2 Å². The Bertz CT molecular complexity index is 371. The van der Waals surface area contributed by atoms with Gasteiger partial charge >= 0.3 is 0 Å². The average Bonchev–Trinajstić information content (AvgIpc) is 2.59. The van der Waals surface area contributed by atoms with Crippen LogP contribution in [0.1, 0.15) is 42.5 Å². The molecule has 2 heteroatoms. The van der Waals surface area contributed by atoms with Crippen molar-refractivity contribution in [3.05, 3.63) is 35.9 Å². The molecule has 2 aliphatic heterocycles. The quantitative estimate of drug-likeness (QED) is 0.705. The van der Waals surface area contributed by atoms with Crippen LogP contribution in [-0.2, 0) is 0 Å². The highest BCUT2D eigenvalue weighted by Gasteiger charge is 2.39. The summed E-state index contributed by atoms with van der Waals surface area (Å²) in [5, 5.41) is 0. The van der Waals surface area contributed by atoms with Gasteiger partial charge in [-0.1, -0.05) is 18.2 Å². The molecule has 0 radical (unpaired) electrons. The smallest absolute Gasteiger partial charge is 0.254 e. The van der Waals surface area contributed by atoms with E-state index in [4.69, 9.17) is 0 Å². The second-order valence-corrected chi connectivity index (χ2v) is 4.89. The maximum Gasteiger partial charge on any atom is 0.254 e. The van der Waals surface area contributed by atoms with Crippen molar-refractivity contribution < 1.29 is 4.79 Å². The van der Waals surface area contributed by atoms with E-state index in [-0.39, 0.29) is 5.91 Å². The van der Waals surface area contributed by atoms with Crippen LogP contribution in [0, 0.1) is 0 Å². The highest BCUT2D eigenvalue weighted by atomic mass is 16.2. The maximum atomic E-state index is 12.4. The summed E-state index contributed by atoms with van der Waals surface area (Å²) in [7, 11) is 0. The van der Waals surface area contributed by atoms with Crippen LogP contribution in [0.4, 0.5) is 0 Å². The Kier molecular flexibility index (Phi) is 2.43. The summed E-state index contributed by atoms with van der Waals surface area (Å²) in [5.41, 5.74) is 0.848. The zero-order valence-corrected chi connectivity index (χ0v) is 9.43. The molecule has 2 heterocycles. The van der Waals surface area contributed by atoms with Crippen molar-refractivity contribution in [1.29, 1.82) is 0 Å². The molecule has 2 nitrogen and oxygen atoms in total. The van der Waals surface area contributed by atoms with Crippen LogP contribution in [0.25, 0.3) is 0 Å². The number of amides is 1. The lowest BCUT2D eigenvalue weighted by atomic mass is 10.0. The Labute approximate surface area is 96.3 Å². The standard InChI is InChI=1S/C14H17NO/c16-14(11-5-2-1-3-6-11)15-12-7-4-8-13(15)10-9-12/h1-3,5-6,12-13H,4,7-10H2. The second-order valence-electron chi connectivity index (χ2n) is 4.89. The Balaban J connectivity index is 1.86. The number of carbonyl (C=O) groups excluding carboxylic acids is 1. The maximum absolute atomic E-state index is 12.4. The Morgan fingerprint density at radius 3 is 2.25 bits per heavy atom. The van der Waals surface area contributed by atoms with E-state index in [1.54, 1.807) is 0 Å². The van der Waals surface area contributed by atoms with Gasteiger partial charge in [0.05, 0.1) is 0 Å². The minimum atomic E-state index is 0.243. The Hall–Kier alpha value is -1.31. The molecule has 0 aromatic heterocycles. The first-order valence-electron chi connectivity index (χ1n) is 6.24. The zero-order valence-electron chi connectivity index (χ0n) is 9.43. The summed E-state index contributed by atoms with van der Waals surface area (Å²) >= 11 is 0. The second kappa shape index (κ2) is 3.93. The minimum absolute atomic E-state index is 0.243. The van der Waals surface area contributed by atoms with Crippen LogP contribution in [-0.4, -0.2) is 22.9 Å². The lowest BCUT2D eigenvalue weighted by molar-refractivity contribution is 0.0595. The van der Waals surface area contributed by atoms with Crippen molar-refractivity contribution in [2.75, 3.05) is 0 Å². The molecule has 16 heavy (non-hydrogen) atoms. The van der Waals surface area contributed by atoms with E-state index in [9.17, 15) is 4.79 Å². The lowest BCUT2D eigenvalue weighted by Gasteiger charge is -2.34. The SMILES string of the molecule is O=C(c1ccccc1)N1C2CCCC1CC2. The fraction of sp³-hybridized carbons (Fsp3) is 0.500. The minimum Gasteiger partial charge on any atom is -0.333 e. The molecule has 2 unspecified atom stereocenters. The molecule has 2 saturated heterocycles. The molecule has 0 saturated carbocycles. The number of benzene rings is 1. The van der Waals surface area contributed by atoms with E-state index < -0.39 is 0 Å². The summed E-state index contributed by atoms with van der Waals surface area (Å²) in [6.07, 6.45) is 6.13. The molecule has 2 aliphatic rings. The predicted octanol–water partition coefficient (Wildman–Crippen LogP) is 2.84. The molecule has 0 N–H and O–H groups in total. The summed E-state index contributed by atoms with van der Waals surface area (Å²) < 4.78 is 0. The molecule has 1 aromatic carbocycles. The van der Waals surface area contributed by atoms with E-state index in [0.717, 1.165) is 5.56 Å². The van der Waals surface area contributed by atoms with E-state index in [0.29, 0.717) is 12.1 Å². The molecule has 2 fully saturated rings. The van der Waals surface area contributed by atoms with Gasteiger partial charge in [-0.25, -0.2) is 0 Å². The molecule has 2 atom stereocenters. The first-order valence-corrected chi connectivity index (χ1v) is 6.24. The number of piperidine rings is 1. The van der Waals surface area contributed by atoms with E-state index in [1.165, 1.54) is 32.1 Å². The third-order valence-electron chi connectivity index (χ3n) is 3.95. The normalized spacial score (nSPS) is 28.1. The summed E-state index contributed by atoms with van der Waals surface area (Å²) in [4.78, 5) is 14.5. The number of nitrogens with zero attached hydrogens (tertiary/aromatic N) is 1. The van der Waals surface area contributed by atoms with Gasteiger partial charge in [-0.15, -0.1) is 0 Å². The van der Waals surface area contributed by atoms with Gasteiger partial charge < -0.3 is 4.90 Å². The Morgan fingerprint density at radius 2 is 1.62 bits per heavy atom. The van der Waals surface area contributed by atoms with Gasteiger partial charge in [0, 0.05) is 17.6 Å². The van der Waals surface area contributed by atoms with E-state index in [1.807, 2.05) is 30.3 Å². The summed E-state index contributed by atoms with van der Waals surface area (Å²) in [5.74, 6) is 0.243. The van der Waals surface area contributed by atoms with Gasteiger partial charge in [-0.3, -0.25) is 4.79 Å². The number of carbonyl (C=O) groups is 1. The highest BCUT2D eigenvalue weighted by Crippen LogP contribution is 2.36. The molecule has 0 spiro atoms. The third kappa shape index (κ3) is 1.53. The molecule has 84 valence electrons. The topological polar surface area (TPSA) is 20.3 Å². The van der Waals surface area contributed by atoms with Gasteiger partial charge in [0.1, 0.15) is 0 Å². The van der Waals surface area contributed by atoms with Crippen molar-refractivity contribution >= 4 is 5.91 Å². The van der Waals surface area contributed by atoms with Crippen LogP contribution in [0.2, 0.25) is 0 Å². The fourth-order valence-electron chi connectivity index (χ4n) is 3.18. The third-order valence-corrected chi connectivity index (χ3v) is 3.95. The largest absolute Gasteiger partial charge is 0.333 e. The molecule has 1 amide bonds. The van der Waals surface area contributed by atoms with Crippen LogP contribution in [0.15, 0.2) is 30.3 Å². The number of rotatable bonds is 1. The van der Waals surface area contributed by atoms with Crippen LogP contribution in [0.3, 0.4) is 0 Å². The molecule has 2 bridgehead atoms. The van der Waals surface area contributed by atoms with Gasteiger partial charge in [-0.2, -0.15) is 0 Å². The Morgan fingerprint density at radius 1 is 1.00 bits per heavy atom. The predicted molar refractivity (Wildman–Crippen MR) is 63.3 cm³/mol. The summed E-state index contributed by atoms with van der Waals surface area (Å²) in [6, 6.07) is 10.7. The number of fused-ring (bicyclic) bond motifs is 2. The van der Waals surface area contributed by atoms with Gasteiger partial charge in [0.15, 0.2) is 0 Å². The molecule has 1 aromatic rings. The van der Waals surface area contributed by atoms with Crippen molar-refractivity contribution in [2.24, 2.45) is 0 Å². The number of hydrogen-bond acceptors (Lipinski definition) is 1. The first-order chi connectivity index (χ1) is 7.86. The van der Waals surface area contributed by atoms with Crippen molar-refractivity contribution in [1.82, 2.24) is 4.90 Å². The molecule has 0 aliphatic carbocycles. The molecular formula is C14H17NO. The van der Waals surface area contributed by atoms with Crippen LogP contribution >= 0.6 is 0 Å². The van der Waals surface area contributed by atoms with Gasteiger partial charge in [0.25, 0.3) is 5.91 Å². The fourth-order valence-corrected chi connectivity index (χ4v) is 3.18.